The second kappa shape index (κ2) is 7.74. The molecule has 108 valence electrons. The number of hydrogen-bond donors (Lipinski definition) is 1. The van der Waals surface area contributed by atoms with Crippen LogP contribution in [-0.2, 0) is 6.42 Å². The third-order valence-electron chi connectivity index (χ3n) is 3.33. The van der Waals surface area contributed by atoms with Crippen LogP contribution in [0.3, 0.4) is 0 Å². The molecule has 1 aromatic heterocycles. The highest BCUT2D eigenvalue weighted by Crippen LogP contribution is 2.36. The molecule has 1 atom stereocenters. The molecule has 0 amide bonds. The molecule has 0 radical (unpaired) electrons. The van der Waals surface area contributed by atoms with E-state index in [2.05, 4.69) is 81.4 Å². The number of rotatable bonds is 6. The van der Waals surface area contributed by atoms with Gasteiger partial charge in [0.1, 0.15) is 0 Å². The second-order valence-electron chi connectivity index (χ2n) is 4.91. The molecule has 0 aliphatic heterocycles. The third-order valence-corrected chi connectivity index (χ3v) is 6.70. The molecule has 0 aliphatic rings. The average molecular weight is 417 g/mol. The first-order valence-corrected chi connectivity index (χ1v) is 9.24. The minimum absolute atomic E-state index is 0.378. The molecular weight excluding hydrogens is 398 g/mol. The average Bonchev–Trinajstić information content (AvgIpc) is 2.76. The van der Waals surface area contributed by atoms with Gasteiger partial charge in [-0.25, -0.2) is 0 Å². The first-order chi connectivity index (χ1) is 9.61. The van der Waals surface area contributed by atoms with Gasteiger partial charge >= 0.3 is 0 Å². The van der Waals surface area contributed by atoms with Crippen LogP contribution in [0.15, 0.2) is 38.6 Å². The van der Waals surface area contributed by atoms with Crippen molar-refractivity contribution < 1.29 is 0 Å². The number of aryl methyl sites for hydroxylation is 1. The minimum Gasteiger partial charge on any atom is -0.309 e. The summed E-state index contributed by atoms with van der Waals surface area (Å²) in [6, 6.07) is 11.2. The Morgan fingerprint density at radius 3 is 2.60 bits per heavy atom. The van der Waals surface area contributed by atoms with E-state index >= 15 is 0 Å². The summed E-state index contributed by atoms with van der Waals surface area (Å²) >= 11 is 8.99. The lowest BCUT2D eigenvalue weighted by Crippen LogP contribution is -2.23. The molecule has 4 heteroatoms. The van der Waals surface area contributed by atoms with E-state index in [0.29, 0.717) is 6.04 Å². The predicted molar refractivity (Wildman–Crippen MR) is 95.6 cm³/mol. The van der Waals surface area contributed by atoms with Crippen molar-refractivity contribution in [2.24, 2.45) is 0 Å². The van der Waals surface area contributed by atoms with Gasteiger partial charge in [-0.05, 0) is 75.4 Å². The minimum atomic E-state index is 0.378. The van der Waals surface area contributed by atoms with Crippen molar-refractivity contribution in [2.75, 3.05) is 6.54 Å². The largest absolute Gasteiger partial charge is 0.309 e. The SMILES string of the molecule is CCCNC(Cc1ccccc1C)c1cc(Br)c(Br)s1. The summed E-state index contributed by atoms with van der Waals surface area (Å²) in [7, 11) is 0. The molecule has 1 unspecified atom stereocenters. The Labute approximate surface area is 142 Å². The van der Waals surface area contributed by atoms with E-state index in [1.807, 2.05) is 0 Å². The standard InChI is InChI=1S/C16H19Br2NS/c1-3-8-19-14(15-10-13(17)16(18)20-15)9-12-7-5-4-6-11(12)2/h4-7,10,14,19H,3,8-9H2,1-2H3. The Hall–Kier alpha value is -0.160. The normalized spacial score (nSPS) is 12.6. The molecule has 2 aromatic rings. The van der Waals surface area contributed by atoms with Gasteiger partial charge in [0.25, 0.3) is 0 Å². The molecule has 1 heterocycles. The van der Waals surface area contributed by atoms with E-state index in [9.17, 15) is 0 Å². The zero-order valence-electron chi connectivity index (χ0n) is 11.7. The fourth-order valence-corrected chi connectivity index (χ4v) is 4.35. The van der Waals surface area contributed by atoms with Crippen LogP contribution in [0.2, 0.25) is 0 Å². The van der Waals surface area contributed by atoms with Crippen molar-refractivity contribution >= 4 is 43.2 Å². The molecule has 1 aromatic carbocycles. The number of halogens is 2. The first-order valence-electron chi connectivity index (χ1n) is 6.84. The highest BCUT2D eigenvalue weighted by molar-refractivity contribution is 9.13. The van der Waals surface area contributed by atoms with Gasteiger partial charge in [-0.1, -0.05) is 31.2 Å². The topological polar surface area (TPSA) is 12.0 Å². The lowest BCUT2D eigenvalue weighted by atomic mass is 10.00. The maximum atomic E-state index is 3.67. The number of nitrogens with one attached hydrogen (secondary N) is 1. The van der Waals surface area contributed by atoms with E-state index in [0.717, 1.165) is 23.9 Å². The van der Waals surface area contributed by atoms with Gasteiger partial charge < -0.3 is 5.32 Å². The molecular formula is C16H19Br2NS. The predicted octanol–water partition coefficient (Wildman–Crippen LogP) is 5.86. The molecule has 2 rings (SSSR count). The van der Waals surface area contributed by atoms with Crippen LogP contribution in [0.1, 0.15) is 35.4 Å². The van der Waals surface area contributed by atoms with Crippen LogP contribution in [0.25, 0.3) is 0 Å². The van der Waals surface area contributed by atoms with Gasteiger partial charge in [0.2, 0.25) is 0 Å². The van der Waals surface area contributed by atoms with E-state index in [-0.39, 0.29) is 0 Å². The number of thiophene rings is 1. The molecule has 0 fully saturated rings. The van der Waals surface area contributed by atoms with Crippen LogP contribution >= 0.6 is 43.2 Å². The Kier molecular flexibility index (Phi) is 6.27. The van der Waals surface area contributed by atoms with Crippen LogP contribution in [0, 0.1) is 6.92 Å². The summed E-state index contributed by atoms with van der Waals surface area (Å²) < 4.78 is 2.31. The Balaban J connectivity index is 2.21. The summed E-state index contributed by atoms with van der Waals surface area (Å²) in [5.41, 5.74) is 2.78. The first kappa shape index (κ1) is 16.2. The molecule has 0 saturated heterocycles. The molecule has 1 N–H and O–H groups in total. The summed E-state index contributed by atoms with van der Waals surface area (Å²) in [5, 5.41) is 3.67. The van der Waals surface area contributed by atoms with Crippen molar-refractivity contribution in [1.82, 2.24) is 5.32 Å². The van der Waals surface area contributed by atoms with Crippen LogP contribution in [0.5, 0.6) is 0 Å². The molecule has 20 heavy (non-hydrogen) atoms. The van der Waals surface area contributed by atoms with E-state index in [4.69, 9.17) is 0 Å². The van der Waals surface area contributed by atoms with Gasteiger partial charge in [-0.2, -0.15) is 0 Å². The van der Waals surface area contributed by atoms with Crippen molar-refractivity contribution in [3.05, 3.63) is 54.6 Å². The van der Waals surface area contributed by atoms with Crippen LogP contribution in [0.4, 0.5) is 0 Å². The Bertz CT molecular complexity index is 546. The quantitative estimate of drug-likeness (QED) is 0.621. The van der Waals surface area contributed by atoms with Crippen molar-refractivity contribution in [3.8, 4) is 0 Å². The van der Waals surface area contributed by atoms with Crippen LogP contribution in [-0.4, -0.2) is 6.54 Å². The molecule has 0 spiro atoms. The fraction of sp³-hybridized carbons (Fsp3) is 0.375. The van der Waals surface area contributed by atoms with Crippen molar-refractivity contribution in [3.63, 3.8) is 0 Å². The lowest BCUT2D eigenvalue weighted by Gasteiger charge is -2.18. The molecule has 0 bridgehead atoms. The maximum Gasteiger partial charge on any atom is 0.0843 e. The monoisotopic (exact) mass is 415 g/mol. The molecule has 0 aliphatic carbocycles. The zero-order chi connectivity index (χ0) is 14.5. The highest BCUT2D eigenvalue weighted by atomic mass is 79.9. The summed E-state index contributed by atoms with van der Waals surface area (Å²) in [4.78, 5) is 1.38. The third kappa shape index (κ3) is 4.17. The van der Waals surface area contributed by atoms with E-state index in [1.165, 1.54) is 19.8 Å². The van der Waals surface area contributed by atoms with Gasteiger partial charge in [-0.3, -0.25) is 0 Å². The lowest BCUT2D eigenvalue weighted by molar-refractivity contribution is 0.535. The molecule has 0 saturated carbocycles. The van der Waals surface area contributed by atoms with Crippen molar-refractivity contribution in [2.45, 2.75) is 32.7 Å². The smallest absolute Gasteiger partial charge is 0.0843 e. The van der Waals surface area contributed by atoms with Crippen molar-refractivity contribution in [1.29, 1.82) is 0 Å². The molecule has 1 nitrogen and oxygen atoms in total. The summed E-state index contributed by atoms with van der Waals surface area (Å²) in [6.07, 6.45) is 2.18. The van der Waals surface area contributed by atoms with Gasteiger partial charge in [0.15, 0.2) is 0 Å². The Morgan fingerprint density at radius 2 is 2.00 bits per heavy atom. The van der Waals surface area contributed by atoms with Gasteiger partial charge in [0, 0.05) is 15.4 Å². The van der Waals surface area contributed by atoms with E-state index in [1.54, 1.807) is 11.3 Å². The summed E-state index contributed by atoms with van der Waals surface area (Å²) in [5.74, 6) is 0. The fourth-order valence-electron chi connectivity index (χ4n) is 2.19. The number of benzene rings is 1. The van der Waals surface area contributed by atoms with Crippen LogP contribution < -0.4 is 5.32 Å². The summed E-state index contributed by atoms with van der Waals surface area (Å²) in [6.45, 7) is 5.44. The van der Waals surface area contributed by atoms with Gasteiger partial charge in [-0.15, -0.1) is 11.3 Å². The van der Waals surface area contributed by atoms with Gasteiger partial charge in [0.05, 0.1) is 3.79 Å². The maximum absolute atomic E-state index is 3.67. The highest BCUT2D eigenvalue weighted by Gasteiger charge is 2.16. The zero-order valence-corrected chi connectivity index (χ0v) is 15.7. The van der Waals surface area contributed by atoms with E-state index < -0.39 is 0 Å². The second-order valence-corrected chi connectivity index (χ2v) is 8.16. The number of hydrogen-bond acceptors (Lipinski definition) is 2. The Morgan fingerprint density at radius 1 is 1.25 bits per heavy atom.